The zero-order chi connectivity index (χ0) is 12.8. The van der Waals surface area contributed by atoms with Crippen LogP contribution in [0.4, 0.5) is 0 Å². The van der Waals surface area contributed by atoms with Crippen molar-refractivity contribution in [2.24, 2.45) is 5.41 Å². The van der Waals surface area contributed by atoms with Gasteiger partial charge in [-0.05, 0) is 49.8 Å². The van der Waals surface area contributed by atoms with Crippen molar-refractivity contribution < 1.29 is 9.53 Å². The Bertz CT molecular complexity index is 538. The molecule has 0 atom stereocenters. The highest BCUT2D eigenvalue weighted by Crippen LogP contribution is 2.42. The predicted octanol–water partition coefficient (Wildman–Crippen LogP) is 3.71. The molecule has 0 unspecified atom stereocenters. The van der Waals surface area contributed by atoms with Crippen LogP contribution >= 0.6 is 0 Å². The summed E-state index contributed by atoms with van der Waals surface area (Å²) in [5.41, 5.74) is 3.54. The number of ether oxygens (including phenoxy) is 1. The molecule has 0 radical (unpaired) electrons. The second-order valence-electron chi connectivity index (χ2n) is 5.86. The largest absolute Gasteiger partial charge is 0.430 e. The third kappa shape index (κ3) is 1.76. The van der Waals surface area contributed by atoms with Crippen LogP contribution in [0.3, 0.4) is 0 Å². The molecular weight excluding hydrogens is 224 g/mol. The minimum atomic E-state index is -0.366. The van der Waals surface area contributed by atoms with E-state index in [1.807, 2.05) is 13.8 Å². The molecule has 0 spiro atoms. The van der Waals surface area contributed by atoms with Crippen molar-refractivity contribution in [1.29, 1.82) is 0 Å². The van der Waals surface area contributed by atoms with Gasteiger partial charge < -0.3 is 4.74 Å². The lowest BCUT2D eigenvalue weighted by atomic mass is 9.84. The highest BCUT2D eigenvalue weighted by atomic mass is 16.5. The highest BCUT2D eigenvalue weighted by molar-refractivity contribution is 5.84. The van der Waals surface area contributed by atoms with Crippen LogP contribution in [0.2, 0.25) is 0 Å². The number of hydrogen-bond donors (Lipinski definition) is 0. The van der Waals surface area contributed by atoms with E-state index in [0.717, 1.165) is 31.4 Å². The smallest absolute Gasteiger partial charge is 0.317 e. The third-order valence-corrected chi connectivity index (χ3v) is 3.92. The number of carbonyl (C=O) groups is 1. The number of cyclic esters (lactones) is 1. The number of rotatable bonds is 0. The molecule has 1 aromatic rings. The second-order valence-corrected chi connectivity index (χ2v) is 5.86. The van der Waals surface area contributed by atoms with Gasteiger partial charge >= 0.3 is 5.97 Å². The molecule has 94 valence electrons. The van der Waals surface area contributed by atoms with Crippen molar-refractivity contribution in [3.63, 3.8) is 0 Å². The molecule has 1 aliphatic heterocycles. The molecule has 0 aromatic heterocycles. The number of hydrogen-bond acceptors (Lipinski definition) is 2. The van der Waals surface area contributed by atoms with Gasteiger partial charge in [0.2, 0.25) is 0 Å². The number of allylic oxidation sites excluding steroid dienone is 2. The summed E-state index contributed by atoms with van der Waals surface area (Å²) in [6.07, 6.45) is 4.03. The quantitative estimate of drug-likeness (QED) is 0.648. The number of benzene rings is 1. The van der Waals surface area contributed by atoms with Gasteiger partial charge in [-0.1, -0.05) is 24.3 Å². The lowest BCUT2D eigenvalue weighted by molar-refractivity contribution is -0.142. The van der Waals surface area contributed by atoms with Crippen LogP contribution in [0.1, 0.15) is 44.2 Å². The Balaban J connectivity index is 2.07. The summed E-state index contributed by atoms with van der Waals surface area (Å²) in [6, 6.07) is 8.47. The van der Waals surface area contributed by atoms with E-state index in [9.17, 15) is 4.79 Å². The first kappa shape index (κ1) is 11.5. The molecule has 2 heteroatoms. The van der Waals surface area contributed by atoms with Gasteiger partial charge in [0, 0.05) is 6.42 Å². The van der Waals surface area contributed by atoms with E-state index < -0.39 is 0 Å². The van der Waals surface area contributed by atoms with Crippen molar-refractivity contribution in [3.05, 3.63) is 41.2 Å². The van der Waals surface area contributed by atoms with E-state index in [-0.39, 0.29) is 11.4 Å². The van der Waals surface area contributed by atoms with Crippen molar-refractivity contribution >= 4 is 11.5 Å². The molecule has 2 aliphatic rings. The standard InChI is InChI=1S/C16H18O2/c1-16(2)10-14(18-15(16)17)13-9-5-7-11-6-3-4-8-12(11)13/h3-4,6,8H,5,7,9-10H2,1-2H3/b14-13+. The first-order valence-corrected chi connectivity index (χ1v) is 6.60. The maximum Gasteiger partial charge on any atom is 0.317 e. The molecule has 0 bridgehead atoms. The molecule has 18 heavy (non-hydrogen) atoms. The fourth-order valence-corrected chi connectivity index (χ4v) is 2.84. The minimum Gasteiger partial charge on any atom is -0.430 e. The average molecular weight is 242 g/mol. The van der Waals surface area contributed by atoms with E-state index in [1.165, 1.54) is 16.7 Å². The number of esters is 1. The van der Waals surface area contributed by atoms with Crippen molar-refractivity contribution in [3.8, 4) is 0 Å². The van der Waals surface area contributed by atoms with E-state index in [2.05, 4.69) is 24.3 Å². The zero-order valence-corrected chi connectivity index (χ0v) is 11.0. The molecule has 3 rings (SSSR count). The number of carbonyl (C=O) groups excluding carboxylic acids is 1. The average Bonchev–Trinajstić information content (AvgIpc) is 2.63. The van der Waals surface area contributed by atoms with Gasteiger partial charge in [0.05, 0.1) is 5.41 Å². The molecule has 1 aliphatic carbocycles. The Hall–Kier alpha value is -1.57. The Kier molecular flexibility index (Phi) is 2.54. The molecule has 0 N–H and O–H groups in total. The van der Waals surface area contributed by atoms with Crippen LogP contribution in [0, 0.1) is 5.41 Å². The fourth-order valence-electron chi connectivity index (χ4n) is 2.84. The van der Waals surface area contributed by atoms with Gasteiger partial charge in [-0.25, -0.2) is 0 Å². The summed E-state index contributed by atoms with van der Waals surface area (Å²) in [5, 5.41) is 0. The van der Waals surface area contributed by atoms with Crippen LogP contribution in [0.5, 0.6) is 0 Å². The molecule has 2 nitrogen and oxygen atoms in total. The number of aryl methyl sites for hydroxylation is 1. The molecule has 1 aromatic carbocycles. The van der Waals surface area contributed by atoms with E-state index in [1.54, 1.807) is 0 Å². The van der Waals surface area contributed by atoms with Crippen LogP contribution in [0.25, 0.3) is 5.57 Å². The Morgan fingerprint density at radius 2 is 1.94 bits per heavy atom. The minimum absolute atomic E-state index is 0.0898. The SMILES string of the molecule is CC1(C)C/C(=C2/CCCc3ccccc32)OC1=O. The monoisotopic (exact) mass is 242 g/mol. The van der Waals surface area contributed by atoms with E-state index >= 15 is 0 Å². The zero-order valence-electron chi connectivity index (χ0n) is 11.0. The first-order chi connectivity index (χ1) is 8.58. The lowest BCUT2D eigenvalue weighted by Gasteiger charge is -2.20. The Labute approximate surface area is 108 Å². The summed E-state index contributed by atoms with van der Waals surface area (Å²) < 4.78 is 5.51. The van der Waals surface area contributed by atoms with Crippen molar-refractivity contribution in [1.82, 2.24) is 0 Å². The van der Waals surface area contributed by atoms with Crippen LogP contribution in [-0.4, -0.2) is 5.97 Å². The van der Waals surface area contributed by atoms with Gasteiger partial charge in [-0.15, -0.1) is 0 Å². The van der Waals surface area contributed by atoms with Crippen LogP contribution in [-0.2, 0) is 16.0 Å². The second kappa shape index (κ2) is 3.98. The van der Waals surface area contributed by atoms with Gasteiger partial charge in [-0.2, -0.15) is 0 Å². The third-order valence-electron chi connectivity index (χ3n) is 3.92. The highest BCUT2D eigenvalue weighted by Gasteiger charge is 2.40. The van der Waals surface area contributed by atoms with Gasteiger partial charge in [0.1, 0.15) is 5.76 Å². The van der Waals surface area contributed by atoms with E-state index in [0.29, 0.717) is 0 Å². The van der Waals surface area contributed by atoms with Crippen LogP contribution in [0.15, 0.2) is 30.0 Å². The Morgan fingerprint density at radius 3 is 2.67 bits per heavy atom. The topological polar surface area (TPSA) is 26.3 Å². The Morgan fingerprint density at radius 1 is 1.17 bits per heavy atom. The summed E-state index contributed by atoms with van der Waals surface area (Å²) in [6.45, 7) is 3.91. The fraction of sp³-hybridized carbons (Fsp3) is 0.438. The molecule has 1 heterocycles. The maximum absolute atomic E-state index is 11.8. The normalized spacial score (nSPS) is 25.8. The van der Waals surface area contributed by atoms with E-state index in [4.69, 9.17) is 4.74 Å². The molecule has 1 fully saturated rings. The van der Waals surface area contributed by atoms with Crippen LogP contribution < -0.4 is 0 Å². The summed E-state index contributed by atoms with van der Waals surface area (Å²) in [7, 11) is 0. The summed E-state index contributed by atoms with van der Waals surface area (Å²) >= 11 is 0. The van der Waals surface area contributed by atoms with Gasteiger partial charge in [-0.3, -0.25) is 4.79 Å². The summed E-state index contributed by atoms with van der Waals surface area (Å²) in [4.78, 5) is 11.8. The molecule has 0 saturated carbocycles. The lowest BCUT2D eigenvalue weighted by Crippen LogP contribution is -2.16. The summed E-state index contributed by atoms with van der Waals surface area (Å²) in [5.74, 6) is 0.810. The van der Waals surface area contributed by atoms with Crippen molar-refractivity contribution in [2.45, 2.75) is 39.5 Å². The molecular formula is C16H18O2. The number of fused-ring (bicyclic) bond motifs is 1. The maximum atomic E-state index is 11.8. The molecule has 0 amide bonds. The first-order valence-electron chi connectivity index (χ1n) is 6.60. The van der Waals surface area contributed by atoms with Gasteiger partial charge in [0.25, 0.3) is 0 Å². The van der Waals surface area contributed by atoms with Crippen molar-refractivity contribution in [2.75, 3.05) is 0 Å². The van der Waals surface area contributed by atoms with Gasteiger partial charge in [0.15, 0.2) is 0 Å². The predicted molar refractivity (Wildman–Crippen MR) is 70.8 cm³/mol. The molecule has 1 saturated heterocycles.